The Morgan fingerprint density at radius 1 is 1.35 bits per heavy atom. The summed E-state index contributed by atoms with van der Waals surface area (Å²) in [4.78, 5) is 20.8. The van der Waals surface area contributed by atoms with Crippen molar-refractivity contribution in [3.05, 3.63) is 40.5 Å². The Balaban J connectivity index is 0.00000158. The van der Waals surface area contributed by atoms with E-state index in [0.717, 1.165) is 12.1 Å². The van der Waals surface area contributed by atoms with E-state index in [1.54, 1.807) is 0 Å². The molecule has 0 spiro atoms. The van der Waals surface area contributed by atoms with Crippen LogP contribution in [0.3, 0.4) is 0 Å². The molecule has 1 amide bonds. The van der Waals surface area contributed by atoms with Gasteiger partial charge in [0.1, 0.15) is 11.5 Å². The molecule has 0 aliphatic heterocycles. The Hall–Kier alpha value is -2.90. The van der Waals surface area contributed by atoms with Crippen molar-refractivity contribution in [2.24, 2.45) is 11.1 Å². The zero-order valence-electron chi connectivity index (χ0n) is 18.7. The number of nitrogens with one attached hydrogen (secondary N) is 1. The van der Waals surface area contributed by atoms with Crippen LogP contribution in [0.25, 0.3) is 11.4 Å². The minimum absolute atomic E-state index is 0.0143. The van der Waals surface area contributed by atoms with E-state index in [4.69, 9.17) is 27.3 Å². The lowest BCUT2D eigenvalue weighted by Crippen LogP contribution is -2.43. The van der Waals surface area contributed by atoms with E-state index in [2.05, 4.69) is 15.3 Å². The van der Waals surface area contributed by atoms with Crippen LogP contribution in [0.5, 0.6) is 5.88 Å². The molecule has 34 heavy (non-hydrogen) atoms. The molecule has 1 heterocycles. The number of rotatable bonds is 6. The Labute approximate surface area is 200 Å². The van der Waals surface area contributed by atoms with E-state index in [0.29, 0.717) is 31.2 Å². The molecule has 0 saturated heterocycles. The summed E-state index contributed by atoms with van der Waals surface area (Å²) in [5.74, 6) is -0.206. The van der Waals surface area contributed by atoms with E-state index in [-0.39, 0.29) is 41.9 Å². The molecule has 2 aliphatic rings. The van der Waals surface area contributed by atoms with E-state index in [1.807, 2.05) is 19.9 Å². The van der Waals surface area contributed by atoms with E-state index >= 15 is 0 Å². The summed E-state index contributed by atoms with van der Waals surface area (Å²) in [6, 6.07) is 5.44. The van der Waals surface area contributed by atoms with Gasteiger partial charge in [-0.2, -0.15) is 23.4 Å². The molecule has 1 aromatic heterocycles. The van der Waals surface area contributed by atoms with Gasteiger partial charge in [-0.3, -0.25) is 4.79 Å². The SMILES string of the molecule is CC.N#CC1(C(=O)NCc2cnc(-c3ccc(Cl)c(C(F)(F)F)c3)nc2OC2CC(N)C2)CC1. The summed E-state index contributed by atoms with van der Waals surface area (Å²) in [5, 5.41) is 11.4. The largest absolute Gasteiger partial charge is 0.474 e. The van der Waals surface area contributed by atoms with Gasteiger partial charge in [-0.15, -0.1) is 0 Å². The van der Waals surface area contributed by atoms with Crippen LogP contribution >= 0.6 is 11.6 Å². The predicted octanol–water partition coefficient (Wildman–Crippen LogP) is 4.63. The van der Waals surface area contributed by atoms with Crippen molar-refractivity contribution in [3.8, 4) is 23.3 Å². The van der Waals surface area contributed by atoms with Crippen LogP contribution in [0.4, 0.5) is 13.2 Å². The number of benzene rings is 1. The van der Waals surface area contributed by atoms with Crippen molar-refractivity contribution in [2.75, 3.05) is 0 Å². The molecule has 182 valence electrons. The molecule has 11 heteroatoms. The molecule has 0 bridgehead atoms. The molecule has 2 aromatic rings. The van der Waals surface area contributed by atoms with Gasteiger partial charge in [-0.25, -0.2) is 4.98 Å². The van der Waals surface area contributed by atoms with Crippen molar-refractivity contribution in [1.82, 2.24) is 15.3 Å². The van der Waals surface area contributed by atoms with Gasteiger partial charge in [-0.1, -0.05) is 25.4 Å². The lowest BCUT2D eigenvalue weighted by Gasteiger charge is -2.32. The quantitative estimate of drug-likeness (QED) is 0.604. The summed E-state index contributed by atoms with van der Waals surface area (Å²) in [6.07, 6.45) is -1.18. The van der Waals surface area contributed by atoms with Crippen LogP contribution in [0.2, 0.25) is 5.02 Å². The molecular formula is C23H25ClF3N5O2. The minimum Gasteiger partial charge on any atom is -0.474 e. The Morgan fingerprint density at radius 2 is 2.03 bits per heavy atom. The molecule has 1 aromatic carbocycles. The number of ether oxygens (including phenoxy) is 1. The molecule has 2 fully saturated rings. The predicted molar refractivity (Wildman–Crippen MR) is 120 cm³/mol. The summed E-state index contributed by atoms with van der Waals surface area (Å²) in [7, 11) is 0. The van der Waals surface area contributed by atoms with Crippen LogP contribution < -0.4 is 15.8 Å². The highest BCUT2D eigenvalue weighted by Crippen LogP contribution is 2.45. The minimum atomic E-state index is -4.63. The van der Waals surface area contributed by atoms with Crippen LogP contribution in [-0.2, 0) is 17.5 Å². The lowest BCUT2D eigenvalue weighted by atomic mass is 9.90. The van der Waals surface area contributed by atoms with Gasteiger partial charge < -0.3 is 15.8 Å². The van der Waals surface area contributed by atoms with Crippen molar-refractivity contribution in [2.45, 2.75) is 64.4 Å². The second-order valence-corrected chi connectivity index (χ2v) is 8.47. The number of carbonyl (C=O) groups excluding carboxylic acids is 1. The Kier molecular flexibility index (Phi) is 7.68. The highest BCUT2D eigenvalue weighted by Gasteiger charge is 2.50. The van der Waals surface area contributed by atoms with Crippen LogP contribution in [0, 0.1) is 16.7 Å². The Morgan fingerprint density at radius 3 is 2.59 bits per heavy atom. The van der Waals surface area contributed by atoms with Gasteiger partial charge in [0.15, 0.2) is 5.82 Å². The van der Waals surface area contributed by atoms with Crippen molar-refractivity contribution >= 4 is 17.5 Å². The van der Waals surface area contributed by atoms with Crippen LogP contribution in [-0.4, -0.2) is 28.0 Å². The molecular weight excluding hydrogens is 471 g/mol. The summed E-state index contributed by atoms with van der Waals surface area (Å²) < 4.78 is 45.6. The van der Waals surface area contributed by atoms with E-state index in [9.17, 15) is 18.0 Å². The number of nitriles is 1. The fourth-order valence-corrected chi connectivity index (χ4v) is 3.58. The monoisotopic (exact) mass is 495 g/mol. The first-order chi connectivity index (χ1) is 16.1. The second-order valence-electron chi connectivity index (χ2n) is 8.06. The maximum Gasteiger partial charge on any atom is 0.417 e. The smallest absolute Gasteiger partial charge is 0.417 e. The fraction of sp³-hybridized carbons (Fsp3) is 0.478. The zero-order chi connectivity index (χ0) is 25.1. The van der Waals surface area contributed by atoms with Gasteiger partial charge in [0.05, 0.1) is 22.2 Å². The fourth-order valence-electron chi connectivity index (χ4n) is 3.35. The number of hydrogen-bond acceptors (Lipinski definition) is 6. The molecule has 2 aliphatic carbocycles. The summed E-state index contributed by atoms with van der Waals surface area (Å²) in [5.41, 5.74) is 4.39. The van der Waals surface area contributed by atoms with E-state index < -0.39 is 22.2 Å². The maximum atomic E-state index is 13.2. The third kappa shape index (κ3) is 5.59. The first kappa shape index (κ1) is 25.7. The lowest BCUT2D eigenvalue weighted by molar-refractivity contribution is -0.137. The van der Waals surface area contributed by atoms with Crippen molar-refractivity contribution in [3.63, 3.8) is 0 Å². The van der Waals surface area contributed by atoms with Gasteiger partial charge in [0.2, 0.25) is 11.8 Å². The highest BCUT2D eigenvalue weighted by molar-refractivity contribution is 6.31. The number of nitrogens with zero attached hydrogens (tertiary/aromatic N) is 3. The topological polar surface area (TPSA) is 114 Å². The van der Waals surface area contributed by atoms with Gasteiger partial charge >= 0.3 is 6.18 Å². The number of aromatic nitrogens is 2. The third-order valence-electron chi connectivity index (χ3n) is 5.60. The molecule has 7 nitrogen and oxygen atoms in total. The Bertz CT molecular complexity index is 1090. The normalized spacial score (nSPS) is 20.2. The molecule has 4 rings (SSSR count). The number of amides is 1. The average molecular weight is 496 g/mol. The van der Waals surface area contributed by atoms with Crippen LogP contribution in [0.15, 0.2) is 24.4 Å². The van der Waals surface area contributed by atoms with Gasteiger partial charge in [0.25, 0.3) is 0 Å². The molecule has 3 N–H and O–H groups in total. The third-order valence-corrected chi connectivity index (χ3v) is 5.93. The highest BCUT2D eigenvalue weighted by atomic mass is 35.5. The summed E-state index contributed by atoms with van der Waals surface area (Å²) in [6.45, 7) is 4.02. The maximum absolute atomic E-state index is 13.2. The molecule has 0 radical (unpaired) electrons. The average Bonchev–Trinajstić information content (AvgIpc) is 3.59. The molecule has 2 saturated carbocycles. The molecule has 0 atom stereocenters. The number of alkyl halides is 3. The van der Waals surface area contributed by atoms with E-state index in [1.165, 1.54) is 12.3 Å². The van der Waals surface area contributed by atoms with Crippen molar-refractivity contribution < 1.29 is 22.7 Å². The van der Waals surface area contributed by atoms with Gasteiger partial charge in [-0.05, 0) is 43.9 Å². The van der Waals surface area contributed by atoms with Gasteiger partial charge in [0, 0.05) is 24.3 Å². The number of halogens is 4. The van der Waals surface area contributed by atoms with Crippen LogP contribution in [0.1, 0.15) is 50.7 Å². The second kappa shape index (κ2) is 10.2. The van der Waals surface area contributed by atoms with Crippen molar-refractivity contribution in [1.29, 1.82) is 5.26 Å². The summed E-state index contributed by atoms with van der Waals surface area (Å²) >= 11 is 5.70. The zero-order valence-corrected chi connectivity index (χ0v) is 19.5. The molecule has 0 unspecified atom stereocenters. The first-order valence-corrected chi connectivity index (χ1v) is 11.3. The standard InChI is InChI=1S/C21H19ClF3N5O2.C2H6/c22-16-2-1-11(5-15(16)21(23,24)25)17-28-8-12(9-29-19(31)20(10-26)3-4-20)18(30-17)32-14-6-13(27)7-14;1-2/h1-2,5,8,13-14H,3-4,6-7,9,27H2,(H,29,31);1-2H3. The number of nitrogens with two attached hydrogens (primary N) is 1. The number of hydrogen-bond donors (Lipinski definition) is 2. The first-order valence-electron chi connectivity index (χ1n) is 11.0. The number of carbonyl (C=O) groups is 1.